The van der Waals surface area contributed by atoms with Crippen molar-refractivity contribution in [2.45, 2.75) is 32.6 Å². The number of amides is 1. The van der Waals surface area contributed by atoms with Crippen LogP contribution in [0.5, 0.6) is 11.5 Å². The Morgan fingerprint density at radius 3 is 2.69 bits per heavy atom. The van der Waals surface area contributed by atoms with E-state index in [1.807, 2.05) is 42.5 Å². The van der Waals surface area contributed by atoms with Crippen molar-refractivity contribution in [3.05, 3.63) is 67.6 Å². The molecule has 1 heterocycles. The SMILES string of the molecule is CCOC(=O)COc1c(C=Nc2sc3c(c2C(=O)Nc2ccccc2)CCCC3)cc(I)cc1OC. The van der Waals surface area contributed by atoms with E-state index in [-0.39, 0.29) is 19.1 Å². The van der Waals surface area contributed by atoms with Gasteiger partial charge in [-0.2, -0.15) is 0 Å². The summed E-state index contributed by atoms with van der Waals surface area (Å²) in [7, 11) is 1.54. The van der Waals surface area contributed by atoms with Crippen molar-refractivity contribution >= 4 is 62.7 Å². The van der Waals surface area contributed by atoms with Crippen LogP contribution in [0.1, 0.15) is 46.1 Å². The van der Waals surface area contributed by atoms with E-state index in [1.165, 1.54) is 4.88 Å². The minimum absolute atomic E-state index is 0.160. The van der Waals surface area contributed by atoms with Crippen molar-refractivity contribution in [3.8, 4) is 11.5 Å². The molecule has 188 valence electrons. The normalized spacial score (nSPS) is 12.8. The first-order valence-corrected chi connectivity index (χ1v) is 13.6. The number of carbonyl (C=O) groups excluding carboxylic acids is 2. The number of esters is 1. The molecule has 0 radical (unpaired) electrons. The van der Waals surface area contributed by atoms with Gasteiger partial charge >= 0.3 is 5.97 Å². The second-order valence-electron chi connectivity index (χ2n) is 8.09. The molecule has 0 saturated heterocycles. The van der Waals surface area contributed by atoms with Gasteiger partial charge in [0.15, 0.2) is 18.1 Å². The fourth-order valence-corrected chi connectivity index (χ4v) is 5.89. The van der Waals surface area contributed by atoms with Crippen molar-refractivity contribution in [3.63, 3.8) is 0 Å². The van der Waals surface area contributed by atoms with Crippen molar-refractivity contribution < 1.29 is 23.8 Å². The van der Waals surface area contributed by atoms with Gasteiger partial charge in [-0.05, 0) is 85.0 Å². The van der Waals surface area contributed by atoms with Crippen molar-refractivity contribution in [1.82, 2.24) is 0 Å². The summed E-state index contributed by atoms with van der Waals surface area (Å²) in [5, 5.41) is 3.67. The second kappa shape index (κ2) is 12.4. The molecule has 1 N–H and O–H groups in total. The molecule has 36 heavy (non-hydrogen) atoms. The average Bonchev–Trinajstić information content (AvgIpc) is 3.25. The molecule has 0 aliphatic heterocycles. The zero-order valence-corrected chi connectivity index (χ0v) is 23.1. The van der Waals surface area contributed by atoms with E-state index >= 15 is 0 Å². The Morgan fingerprint density at radius 2 is 1.94 bits per heavy atom. The first-order chi connectivity index (χ1) is 17.5. The topological polar surface area (TPSA) is 86.2 Å². The van der Waals surface area contributed by atoms with Crippen molar-refractivity contribution in [2.75, 3.05) is 25.6 Å². The van der Waals surface area contributed by atoms with E-state index in [0.717, 1.165) is 40.5 Å². The lowest BCUT2D eigenvalue weighted by Gasteiger charge is -2.14. The van der Waals surface area contributed by atoms with Crippen molar-refractivity contribution in [2.24, 2.45) is 4.99 Å². The number of anilines is 1. The molecule has 1 aliphatic carbocycles. The maximum Gasteiger partial charge on any atom is 0.344 e. The number of rotatable bonds is 9. The molecule has 9 heteroatoms. The summed E-state index contributed by atoms with van der Waals surface area (Å²) in [6, 6.07) is 13.1. The van der Waals surface area contributed by atoms with Crippen molar-refractivity contribution in [1.29, 1.82) is 0 Å². The fourth-order valence-electron chi connectivity index (χ4n) is 4.04. The Kier molecular flexibility index (Phi) is 8.98. The maximum absolute atomic E-state index is 13.4. The number of para-hydroxylation sites is 1. The Morgan fingerprint density at radius 1 is 1.17 bits per heavy atom. The predicted octanol–water partition coefficient (Wildman–Crippen LogP) is 6.18. The zero-order chi connectivity index (χ0) is 25.5. The van der Waals surface area contributed by atoms with Crippen LogP contribution in [0.25, 0.3) is 0 Å². The summed E-state index contributed by atoms with van der Waals surface area (Å²) in [6.07, 6.45) is 5.65. The molecule has 1 amide bonds. The highest BCUT2D eigenvalue weighted by Crippen LogP contribution is 2.41. The van der Waals surface area contributed by atoms with Crippen LogP contribution in [0.3, 0.4) is 0 Å². The van der Waals surface area contributed by atoms with Crippen LogP contribution < -0.4 is 14.8 Å². The van der Waals surface area contributed by atoms with Crippen LogP contribution in [-0.4, -0.2) is 38.4 Å². The smallest absolute Gasteiger partial charge is 0.344 e. The lowest BCUT2D eigenvalue weighted by molar-refractivity contribution is -0.145. The van der Waals surface area contributed by atoms with Crippen LogP contribution in [0.15, 0.2) is 47.5 Å². The first-order valence-electron chi connectivity index (χ1n) is 11.7. The molecule has 3 aromatic rings. The number of hydrogen-bond donors (Lipinski definition) is 1. The third-order valence-electron chi connectivity index (χ3n) is 5.64. The minimum atomic E-state index is -0.466. The Balaban J connectivity index is 1.69. The van der Waals surface area contributed by atoms with Gasteiger partial charge in [-0.25, -0.2) is 9.79 Å². The van der Waals surface area contributed by atoms with Gasteiger partial charge in [0.05, 0.1) is 19.3 Å². The largest absolute Gasteiger partial charge is 0.493 e. The lowest BCUT2D eigenvalue weighted by atomic mass is 9.95. The molecule has 4 rings (SSSR count). The van der Waals surface area contributed by atoms with Gasteiger partial charge in [0.2, 0.25) is 0 Å². The summed E-state index contributed by atoms with van der Waals surface area (Å²) in [5.74, 6) is 0.255. The highest BCUT2D eigenvalue weighted by Gasteiger charge is 2.25. The van der Waals surface area contributed by atoms with E-state index < -0.39 is 5.97 Å². The summed E-state index contributed by atoms with van der Waals surface area (Å²) in [6.45, 7) is 1.77. The number of hydrogen-bond acceptors (Lipinski definition) is 7. The van der Waals surface area contributed by atoms with Crippen LogP contribution in [0, 0.1) is 3.57 Å². The van der Waals surface area contributed by atoms with Gasteiger partial charge < -0.3 is 19.5 Å². The van der Waals surface area contributed by atoms with E-state index in [0.29, 0.717) is 27.6 Å². The lowest BCUT2D eigenvalue weighted by Crippen LogP contribution is -2.15. The highest BCUT2D eigenvalue weighted by molar-refractivity contribution is 14.1. The number of ether oxygens (including phenoxy) is 3. The quantitative estimate of drug-likeness (QED) is 0.176. The van der Waals surface area contributed by atoms with E-state index in [9.17, 15) is 9.59 Å². The minimum Gasteiger partial charge on any atom is -0.493 e. The monoisotopic (exact) mass is 618 g/mol. The molecule has 7 nitrogen and oxygen atoms in total. The number of aryl methyl sites for hydroxylation is 1. The number of fused-ring (bicyclic) bond motifs is 1. The molecule has 0 unspecified atom stereocenters. The molecular weight excluding hydrogens is 591 g/mol. The molecule has 1 aromatic heterocycles. The fraction of sp³-hybridized carbons (Fsp3) is 0.296. The number of aliphatic imine (C=N–C) groups is 1. The maximum atomic E-state index is 13.4. The number of carbonyl (C=O) groups is 2. The third-order valence-corrected chi connectivity index (χ3v) is 7.46. The summed E-state index contributed by atoms with van der Waals surface area (Å²) >= 11 is 3.75. The van der Waals surface area contributed by atoms with E-state index in [1.54, 1.807) is 31.6 Å². The number of benzene rings is 2. The zero-order valence-electron chi connectivity index (χ0n) is 20.1. The number of nitrogens with one attached hydrogen (secondary N) is 1. The number of nitrogens with zero attached hydrogens (tertiary/aromatic N) is 1. The van der Waals surface area contributed by atoms with Crippen LogP contribution in [0.4, 0.5) is 10.7 Å². The summed E-state index contributed by atoms with van der Waals surface area (Å²) in [5.41, 5.74) is 3.10. The highest BCUT2D eigenvalue weighted by atomic mass is 127. The summed E-state index contributed by atoms with van der Waals surface area (Å²) < 4.78 is 17.2. The second-order valence-corrected chi connectivity index (χ2v) is 10.4. The van der Waals surface area contributed by atoms with Gasteiger partial charge in [0.1, 0.15) is 5.00 Å². The molecule has 0 fully saturated rings. The Hall–Kier alpha value is -2.92. The Bertz CT molecular complexity index is 1270. The Labute approximate surface area is 228 Å². The molecule has 1 aliphatic rings. The van der Waals surface area contributed by atoms with Gasteiger partial charge in [-0.3, -0.25) is 4.79 Å². The van der Waals surface area contributed by atoms with Crippen LogP contribution in [0.2, 0.25) is 0 Å². The molecule has 0 atom stereocenters. The van der Waals surface area contributed by atoms with Crippen LogP contribution >= 0.6 is 33.9 Å². The van der Waals surface area contributed by atoms with Gasteiger partial charge in [-0.15, -0.1) is 11.3 Å². The summed E-state index contributed by atoms with van der Waals surface area (Å²) in [4.78, 5) is 31.2. The standard InChI is InChI=1S/C27H27IN2O5S/c1-3-34-23(31)16-35-25-17(13-18(28)14-21(25)33-2)15-29-27-24(20-11-7-8-12-22(20)36-27)26(32)30-19-9-5-4-6-10-19/h4-6,9-10,13-15H,3,7-8,11-12,16H2,1-2H3,(H,30,32). The number of halogens is 1. The van der Waals surface area contributed by atoms with Gasteiger partial charge in [0.25, 0.3) is 5.91 Å². The molecule has 0 spiro atoms. The van der Waals surface area contributed by atoms with Gasteiger partial charge in [-0.1, -0.05) is 18.2 Å². The van der Waals surface area contributed by atoms with E-state index in [4.69, 9.17) is 19.2 Å². The average molecular weight is 618 g/mol. The number of methoxy groups -OCH3 is 1. The molecular formula is C27H27IN2O5S. The predicted molar refractivity (Wildman–Crippen MR) is 150 cm³/mol. The number of thiophene rings is 1. The molecule has 0 saturated carbocycles. The molecule has 0 bridgehead atoms. The van der Waals surface area contributed by atoms with E-state index in [2.05, 4.69) is 27.9 Å². The molecule has 2 aromatic carbocycles. The van der Waals surface area contributed by atoms with Gasteiger partial charge in [0, 0.05) is 25.9 Å². The van der Waals surface area contributed by atoms with Crippen LogP contribution in [-0.2, 0) is 22.4 Å². The first kappa shape index (κ1) is 26.2. The third kappa shape index (κ3) is 6.25.